The molecule has 0 bridgehead atoms. The zero-order chi connectivity index (χ0) is 19.3. The molecule has 0 aliphatic carbocycles. The molecule has 1 aliphatic heterocycles. The summed E-state index contributed by atoms with van der Waals surface area (Å²) < 4.78 is 29.7. The van der Waals surface area contributed by atoms with E-state index in [9.17, 15) is 13.2 Å². The van der Waals surface area contributed by atoms with E-state index in [1.165, 1.54) is 11.1 Å². The second kappa shape index (κ2) is 8.54. The molecule has 1 aliphatic rings. The average Bonchev–Trinajstić information content (AvgIpc) is 2.70. The Morgan fingerprint density at radius 3 is 2.67 bits per heavy atom. The van der Waals surface area contributed by atoms with Gasteiger partial charge in [0.1, 0.15) is 0 Å². The maximum atomic E-state index is 12.0. The number of urea groups is 1. The van der Waals surface area contributed by atoms with Crippen molar-refractivity contribution in [3.63, 3.8) is 0 Å². The van der Waals surface area contributed by atoms with Crippen LogP contribution in [-0.4, -0.2) is 32.9 Å². The van der Waals surface area contributed by atoms with Gasteiger partial charge in [0.05, 0.1) is 23.4 Å². The maximum Gasteiger partial charge on any atom is 0.315 e. The van der Waals surface area contributed by atoms with Crippen LogP contribution in [0.15, 0.2) is 53.4 Å². The van der Waals surface area contributed by atoms with E-state index in [1.807, 2.05) is 12.1 Å². The minimum atomic E-state index is -3.25. The molecule has 3 rings (SSSR count). The first-order chi connectivity index (χ1) is 13.0. The molecule has 2 N–H and O–H groups in total. The molecule has 6 nitrogen and oxygen atoms in total. The highest BCUT2D eigenvalue weighted by atomic mass is 32.2. The van der Waals surface area contributed by atoms with Crippen molar-refractivity contribution in [2.24, 2.45) is 0 Å². The predicted molar refractivity (Wildman–Crippen MR) is 103 cm³/mol. The Bertz CT molecular complexity index is 912. The van der Waals surface area contributed by atoms with Gasteiger partial charge in [0.2, 0.25) is 0 Å². The SMILES string of the molecule is CCS(=O)(=O)c1cccc(CNC(=O)NC[C@@H]2Cc3ccccc3CO2)c1. The van der Waals surface area contributed by atoms with Gasteiger partial charge in [0.25, 0.3) is 0 Å². The first kappa shape index (κ1) is 19.4. The smallest absolute Gasteiger partial charge is 0.315 e. The van der Waals surface area contributed by atoms with E-state index in [1.54, 1.807) is 31.2 Å². The Kier molecular flexibility index (Phi) is 6.13. The predicted octanol–water partition coefficient (Wildman–Crippen LogP) is 2.42. The van der Waals surface area contributed by atoms with Crippen LogP contribution in [0.2, 0.25) is 0 Å². The molecular formula is C20H24N2O4S. The minimum Gasteiger partial charge on any atom is -0.371 e. The van der Waals surface area contributed by atoms with Crippen LogP contribution in [0.25, 0.3) is 0 Å². The monoisotopic (exact) mass is 388 g/mol. The summed E-state index contributed by atoms with van der Waals surface area (Å²) in [6.07, 6.45) is 0.719. The lowest BCUT2D eigenvalue weighted by Gasteiger charge is -2.25. The van der Waals surface area contributed by atoms with E-state index in [0.29, 0.717) is 13.2 Å². The molecule has 0 radical (unpaired) electrons. The number of fused-ring (bicyclic) bond motifs is 1. The molecule has 144 valence electrons. The average molecular weight is 388 g/mol. The number of nitrogens with one attached hydrogen (secondary N) is 2. The quantitative estimate of drug-likeness (QED) is 0.796. The van der Waals surface area contributed by atoms with Crippen LogP contribution in [-0.2, 0) is 34.1 Å². The summed E-state index contributed by atoms with van der Waals surface area (Å²) in [4.78, 5) is 12.3. The van der Waals surface area contributed by atoms with Gasteiger partial charge in [-0.25, -0.2) is 13.2 Å². The van der Waals surface area contributed by atoms with Crippen LogP contribution in [0, 0.1) is 0 Å². The number of benzene rings is 2. The third-order valence-electron chi connectivity index (χ3n) is 4.62. The van der Waals surface area contributed by atoms with E-state index in [-0.39, 0.29) is 29.3 Å². The van der Waals surface area contributed by atoms with Crippen LogP contribution in [0.3, 0.4) is 0 Å². The highest BCUT2D eigenvalue weighted by Gasteiger charge is 2.19. The molecule has 0 spiro atoms. The van der Waals surface area contributed by atoms with Crippen LogP contribution >= 0.6 is 0 Å². The first-order valence-corrected chi connectivity index (χ1v) is 10.6. The number of ether oxygens (including phenoxy) is 1. The summed E-state index contributed by atoms with van der Waals surface area (Å²) in [5, 5.41) is 5.57. The molecule has 1 heterocycles. The molecule has 0 unspecified atom stereocenters. The summed E-state index contributed by atoms with van der Waals surface area (Å²) in [5.74, 6) is 0.0505. The summed E-state index contributed by atoms with van der Waals surface area (Å²) in [6.45, 7) is 2.85. The van der Waals surface area contributed by atoms with Gasteiger partial charge in [0, 0.05) is 19.5 Å². The lowest BCUT2D eigenvalue weighted by atomic mass is 9.99. The van der Waals surface area contributed by atoms with Gasteiger partial charge in [-0.1, -0.05) is 43.3 Å². The van der Waals surface area contributed by atoms with Gasteiger partial charge < -0.3 is 15.4 Å². The lowest BCUT2D eigenvalue weighted by molar-refractivity contribution is 0.0305. The fraction of sp³-hybridized carbons (Fsp3) is 0.350. The minimum absolute atomic E-state index is 0.0505. The number of rotatable bonds is 6. The van der Waals surface area contributed by atoms with Crippen molar-refractivity contribution in [3.8, 4) is 0 Å². The van der Waals surface area contributed by atoms with E-state index >= 15 is 0 Å². The molecule has 7 heteroatoms. The van der Waals surface area contributed by atoms with Crippen molar-refractivity contribution in [2.45, 2.75) is 37.5 Å². The number of amides is 2. The van der Waals surface area contributed by atoms with E-state index in [0.717, 1.165) is 12.0 Å². The zero-order valence-electron chi connectivity index (χ0n) is 15.3. The summed E-state index contributed by atoms with van der Waals surface area (Å²) in [7, 11) is -3.25. The molecule has 0 aromatic heterocycles. The number of hydrogen-bond acceptors (Lipinski definition) is 4. The van der Waals surface area contributed by atoms with Crippen LogP contribution < -0.4 is 10.6 Å². The molecule has 2 aromatic carbocycles. The van der Waals surface area contributed by atoms with Gasteiger partial charge in [-0.15, -0.1) is 0 Å². The standard InChI is InChI=1S/C20H24N2O4S/c1-2-27(24,25)19-9-5-6-15(10-19)12-21-20(23)22-13-18-11-16-7-3-4-8-17(16)14-26-18/h3-10,18H,2,11-14H2,1H3,(H2,21,22,23)/t18-/m0/s1. The van der Waals surface area contributed by atoms with Crippen molar-refractivity contribution in [2.75, 3.05) is 12.3 Å². The highest BCUT2D eigenvalue weighted by molar-refractivity contribution is 7.91. The molecule has 0 saturated carbocycles. The molecule has 2 amide bonds. The number of carbonyl (C=O) groups is 1. The lowest BCUT2D eigenvalue weighted by Crippen LogP contribution is -2.41. The third kappa shape index (κ3) is 5.08. The fourth-order valence-corrected chi connectivity index (χ4v) is 3.96. The first-order valence-electron chi connectivity index (χ1n) is 8.99. The Morgan fingerprint density at radius 1 is 1.11 bits per heavy atom. The number of hydrogen-bond donors (Lipinski definition) is 2. The molecule has 2 aromatic rings. The van der Waals surface area contributed by atoms with Crippen molar-refractivity contribution in [1.29, 1.82) is 0 Å². The van der Waals surface area contributed by atoms with E-state index in [4.69, 9.17) is 4.74 Å². The Hall–Kier alpha value is -2.38. The van der Waals surface area contributed by atoms with Gasteiger partial charge in [-0.3, -0.25) is 0 Å². The van der Waals surface area contributed by atoms with Crippen LogP contribution in [0.4, 0.5) is 4.79 Å². The molecule has 0 fully saturated rings. The van der Waals surface area contributed by atoms with Crippen LogP contribution in [0.5, 0.6) is 0 Å². The highest BCUT2D eigenvalue weighted by Crippen LogP contribution is 2.19. The largest absolute Gasteiger partial charge is 0.371 e. The van der Waals surface area contributed by atoms with E-state index in [2.05, 4.69) is 22.8 Å². The van der Waals surface area contributed by atoms with Crippen LogP contribution in [0.1, 0.15) is 23.6 Å². The van der Waals surface area contributed by atoms with E-state index < -0.39 is 9.84 Å². The molecular weight excluding hydrogens is 364 g/mol. The molecule has 27 heavy (non-hydrogen) atoms. The topological polar surface area (TPSA) is 84.5 Å². The maximum absolute atomic E-state index is 12.0. The zero-order valence-corrected chi connectivity index (χ0v) is 16.1. The van der Waals surface area contributed by atoms with Gasteiger partial charge >= 0.3 is 6.03 Å². The van der Waals surface area contributed by atoms with Crippen molar-refractivity contribution < 1.29 is 17.9 Å². The second-order valence-corrected chi connectivity index (χ2v) is 8.80. The Balaban J connectivity index is 1.47. The fourth-order valence-electron chi connectivity index (χ4n) is 3.01. The van der Waals surface area contributed by atoms with Gasteiger partial charge in [-0.2, -0.15) is 0 Å². The molecule has 0 saturated heterocycles. The van der Waals surface area contributed by atoms with Crippen molar-refractivity contribution >= 4 is 15.9 Å². The van der Waals surface area contributed by atoms with Gasteiger partial charge in [0.15, 0.2) is 9.84 Å². The van der Waals surface area contributed by atoms with Gasteiger partial charge in [-0.05, 0) is 28.8 Å². The Morgan fingerprint density at radius 2 is 1.89 bits per heavy atom. The third-order valence-corrected chi connectivity index (χ3v) is 6.35. The summed E-state index contributed by atoms with van der Waals surface area (Å²) in [5.41, 5.74) is 3.19. The number of sulfone groups is 1. The van der Waals surface area contributed by atoms with Crippen molar-refractivity contribution in [1.82, 2.24) is 10.6 Å². The molecule has 1 atom stereocenters. The second-order valence-electron chi connectivity index (χ2n) is 6.52. The Labute approximate surface area is 159 Å². The normalized spacial score (nSPS) is 16.4. The summed E-state index contributed by atoms with van der Waals surface area (Å²) in [6, 6.07) is 14.5. The summed E-state index contributed by atoms with van der Waals surface area (Å²) >= 11 is 0. The number of carbonyl (C=O) groups excluding carboxylic acids is 1. The van der Waals surface area contributed by atoms with Crippen molar-refractivity contribution in [3.05, 3.63) is 65.2 Å².